The molecule has 4 nitrogen and oxygen atoms in total. The van der Waals surface area contributed by atoms with Gasteiger partial charge in [-0.25, -0.2) is 0 Å². The fraction of sp³-hybridized carbons (Fsp3) is 0.417. The fourth-order valence-electron chi connectivity index (χ4n) is 2.05. The zero-order valence-corrected chi connectivity index (χ0v) is 11.0. The van der Waals surface area contributed by atoms with Crippen molar-refractivity contribution >= 4 is 23.3 Å². The third-order valence-corrected chi connectivity index (χ3v) is 3.08. The van der Waals surface area contributed by atoms with Crippen LogP contribution in [0.1, 0.15) is 13.0 Å². The van der Waals surface area contributed by atoms with Gasteiger partial charge in [-0.2, -0.15) is 0 Å². The van der Waals surface area contributed by atoms with Crippen molar-refractivity contribution in [3.63, 3.8) is 0 Å². The van der Waals surface area contributed by atoms with Crippen molar-refractivity contribution in [3.8, 4) is 5.75 Å². The van der Waals surface area contributed by atoms with Crippen LogP contribution < -0.4 is 4.74 Å². The van der Waals surface area contributed by atoms with Crippen molar-refractivity contribution in [2.45, 2.75) is 13.0 Å². The van der Waals surface area contributed by atoms with Crippen molar-refractivity contribution < 1.29 is 9.47 Å². The molecular formula is C12H16N2O2S. The first kappa shape index (κ1) is 12.1. The van der Waals surface area contributed by atoms with E-state index in [1.165, 1.54) is 0 Å². The molecule has 0 saturated carbocycles. The number of methoxy groups -OCH3 is 2. The summed E-state index contributed by atoms with van der Waals surface area (Å²) in [5.41, 5.74) is 1.97. The Morgan fingerprint density at radius 2 is 2.18 bits per heavy atom. The van der Waals surface area contributed by atoms with Crippen LogP contribution in [0.3, 0.4) is 0 Å². The number of aromatic nitrogens is 2. The quantitative estimate of drug-likeness (QED) is 0.850. The van der Waals surface area contributed by atoms with Gasteiger partial charge in [-0.15, -0.1) is 0 Å². The van der Waals surface area contributed by atoms with Gasteiger partial charge in [-0.1, -0.05) is 6.07 Å². The molecule has 0 aliphatic carbocycles. The number of para-hydroxylation sites is 1. The van der Waals surface area contributed by atoms with Gasteiger partial charge >= 0.3 is 0 Å². The number of hydrogen-bond acceptors (Lipinski definition) is 3. The highest BCUT2D eigenvalue weighted by molar-refractivity contribution is 7.71. The number of aromatic amines is 1. The van der Waals surface area contributed by atoms with Gasteiger partial charge in [0.05, 0.1) is 25.3 Å². The average Bonchev–Trinajstić information content (AvgIpc) is 2.65. The molecule has 0 amide bonds. The predicted molar refractivity (Wildman–Crippen MR) is 70.3 cm³/mol. The first-order valence-electron chi connectivity index (χ1n) is 5.45. The topological polar surface area (TPSA) is 39.2 Å². The summed E-state index contributed by atoms with van der Waals surface area (Å²) in [5.74, 6) is 0.803. The average molecular weight is 252 g/mol. The number of ether oxygens (including phenoxy) is 2. The lowest BCUT2D eigenvalue weighted by Gasteiger charge is -2.13. The zero-order valence-electron chi connectivity index (χ0n) is 10.2. The van der Waals surface area contributed by atoms with Gasteiger partial charge in [0.25, 0.3) is 0 Å². The molecule has 0 aliphatic rings. The Balaban J connectivity index is 2.64. The third kappa shape index (κ3) is 2.08. The Morgan fingerprint density at radius 3 is 2.82 bits per heavy atom. The number of benzene rings is 1. The molecule has 92 valence electrons. The largest absolute Gasteiger partial charge is 0.494 e. The molecule has 2 rings (SSSR count). The van der Waals surface area contributed by atoms with E-state index < -0.39 is 0 Å². The van der Waals surface area contributed by atoms with E-state index in [0.29, 0.717) is 11.4 Å². The van der Waals surface area contributed by atoms with Crippen molar-refractivity contribution in [3.05, 3.63) is 23.0 Å². The number of hydrogen-bond donors (Lipinski definition) is 1. The van der Waals surface area contributed by atoms with Crippen molar-refractivity contribution in [2.24, 2.45) is 0 Å². The molecule has 1 unspecified atom stereocenters. The predicted octanol–water partition coefficient (Wildman–Crippen LogP) is 2.91. The van der Waals surface area contributed by atoms with Crippen LogP contribution >= 0.6 is 12.2 Å². The lowest BCUT2D eigenvalue weighted by atomic mass is 10.2. The number of fused-ring (bicyclic) bond motifs is 1. The van der Waals surface area contributed by atoms with Gasteiger partial charge in [0.15, 0.2) is 4.77 Å². The molecule has 0 radical (unpaired) electrons. The third-order valence-electron chi connectivity index (χ3n) is 2.78. The van der Waals surface area contributed by atoms with E-state index in [-0.39, 0.29) is 6.04 Å². The summed E-state index contributed by atoms with van der Waals surface area (Å²) < 4.78 is 13.2. The normalized spacial score (nSPS) is 12.9. The van der Waals surface area contributed by atoms with Crippen LogP contribution in [0.25, 0.3) is 11.0 Å². The maximum Gasteiger partial charge on any atom is 0.178 e. The van der Waals surface area contributed by atoms with Crippen LogP contribution in [0, 0.1) is 4.77 Å². The highest BCUT2D eigenvalue weighted by Gasteiger charge is 2.13. The Bertz CT molecular complexity index is 573. The molecule has 0 aliphatic heterocycles. The van der Waals surface area contributed by atoms with E-state index in [0.717, 1.165) is 16.8 Å². The Kier molecular flexibility index (Phi) is 3.49. The molecule has 2 aromatic rings. The minimum atomic E-state index is 0.188. The lowest BCUT2D eigenvalue weighted by Crippen LogP contribution is -2.10. The highest BCUT2D eigenvalue weighted by atomic mass is 32.1. The lowest BCUT2D eigenvalue weighted by molar-refractivity contribution is 0.163. The van der Waals surface area contributed by atoms with Crippen LogP contribution in [-0.4, -0.2) is 30.4 Å². The smallest absolute Gasteiger partial charge is 0.178 e. The second-order valence-electron chi connectivity index (χ2n) is 3.96. The molecule has 1 aromatic carbocycles. The van der Waals surface area contributed by atoms with E-state index >= 15 is 0 Å². The van der Waals surface area contributed by atoms with Crippen LogP contribution in [0.2, 0.25) is 0 Å². The van der Waals surface area contributed by atoms with Crippen LogP contribution in [0.15, 0.2) is 18.2 Å². The molecule has 1 heterocycles. The zero-order chi connectivity index (χ0) is 12.4. The maximum atomic E-state index is 5.35. The molecule has 0 bridgehead atoms. The number of imidazole rings is 1. The van der Waals surface area contributed by atoms with Gasteiger partial charge in [-0.3, -0.25) is 0 Å². The Hall–Kier alpha value is -1.33. The van der Waals surface area contributed by atoms with E-state index in [4.69, 9.17) is 21.7 Å². The second kappa shape index (κ2) is 4.89. The Labute approximate surface area is 105 Å². The molecule has 1 N–H and O–H groups in total. The monoisotopic (exact) mass is 252 g/mol. The Morgan fingerprint density at radius 1 is 1.41 bits per heavy atom. The van der Waals surface area contributed by atoms with Crippen LogP contribution in [0.5, 0.6) is 5.75 Å². The standard InChI is InChI=1S/C12H16N2O2S/c1-8(7-15-2)14-9-5-4-6-10(16-3)11(9)13-12(14)17/h4-6,8H,7H2,1-3H3,(H,13,17). The molecule has 0 saturated heterocycles. The number of nitrogens with zero attached hydrogens (tertiary/aromatic N) is 1. The maximum absolute atomic E-state index is 5.35. The molecule has 0 fully saturated rings. The molecule has 0 spiro atoms. The number of nitrogens with one attached hydrogen (secondary N) is 1. The first-order valence-corrected chi connectivity index (χ1v) is 5.86. The van der Waals surface area contributed by atoms with E-state index in [1.807, 2.05) is 18.2 Å². The van der Waals surface area contributed by atoms with E-state index in [1.54, 1.807) is 14.2 Å². The number of rotatable bonds is 4. The summed E-state index contributed by atoms with van der Waals surface area (Å²) in [4.78, 5) is 3.18. The van der Waals surface area contributed by atoms with Gasteiger partial charge in [0, 0.05) is 7.11 Å². The van der Waals surface area contributed by atoms with Gasteiger partial charge < -0.3 is 19.0 Å². The summed E-state index contributed by atoms with van der Waals surface area (Å²) in [6, 6.07) is 6.09. The van der Waals surface area contributed by atoms with Gasteiger partial charge in [0.1, 0.15) is 11.3 Å². The van der Waals surface area contributed by atoms with E-state index in [2.05, 4.69) is 16.5 Å². The minimum Gasteiger partial charge on any atom is -0.494 e. The minimum absolute atomic E-state index is 0.188. The SMILES string of the molecule is COCC(C)n1c(=S)[nH]c2c(OC)cccc21. The van der Waals surface area contributed by atoms with Crippen LogP contribution in [-0.2, 0) is 4.74 Å². The number of H-pyrrole nitrogens is 1. The van der Waals surface area contributed by atoms with Gasteiger partial charge in [-0.05, 0) is 31.3 Å². The second-order valence-corrected chi connectivity index (χ2v) is 4.35. The molecule has 5 heteroatoms. The fourth-order valence-corrected chi connectivity index (χ4v) is 2.43. The van der Waals surface area contributed by atoms with Crippen molar-refractivity contribution in [1.29, 1.82) is 0 Å². The highest BCUT2D eigenvalue weighted by Crippen LogP contribution is 2.26. The summed E-state index contributed by atoms with van der Waals surface area (Å²) >= 11 is 5.35. The van der Waals surface area contributed by atoms with Crippen LogP contribution in [0.4, 0.5) is 0 Å². The summed E-state index contributed by atoms with van der Waals surface area (Å²) in [6.07, 6.45) is 0. The van der Waals surface area contributed by atoms with Crippen molar-refractivity contribution in [2.75, 3.05) is 20.8 Å². The molecule has 1 aromatic heterocycles. The van der Waals surface area contributed by atoms with Gasteiger partial charge in [0.2, 0.25) is 0 Å². The molecular weight excluding hydrogens is 236 g/mol. The van der Waals surface area contributed by atoms with E-state index in [9.17, 15) is 0 Å². The first-order chi connectivity index (χ1) is 8.19. The summed E-state index contributed by atoms with van der Waals surface area (Å²) in [7, 11) is 3.34. The summed E-state index contributed by atoms with van der Waals surface area (Å²) in [5, 5.41) is 0. The summed E-state index contributed by atoms with van der Waals surface area (Å²) in [6.45, 7) is 2.70. The van der Waals surface area contributed by atoms with Crippen molar-refractivity contribution in [1.82, 2.24) is 9.55 Å². The molecule has 1 atom stereocenters. The molecule has 17 heavy (non-hydrogen) atoms.